The van der Waals surface area contributed by atoms with Crippen LogP contribution in [-0.4, -0.2) is 40.9 Å². The number of benzene rings is 1. The van der Waals surface area contributed by atoms with Gasteiger partial charge < -0.3 is 15.7 Å². The molecule has 0 spiro atoms. The van der Waals surface area contributed by atoms with E-state index < -0.39 is 12.0 Å². The molecule has 0 fully saturated rings. The summed E-state index contributed by atoms with van der Waals surface area (Å²) in [7, 11) is 0. The maximum absolute atomic E-state index is 11.6. The number of rotatable bonds is 9. The van der Waals surface area contributed by atoms with Crippen LogP contribution in [0.4, 0.5) is 5.69 Å². The summed E-state index contributed by atoms with van der Waals surface area (Å²) >= 11 is 7.03. The maximum Gasteiger partial charge on any atom is 0.326 e. The van der Waals surface area contributed by atoms with Gasteiger partial charge in [-0.3, -0.25) is 9.59 Å². The van der Waals surface area contributed by atoms with Crippen LogP contribution in [0.15, 0.2) is 24.3 Å². The van der Waals surface area contributed by atoms with Gasteiger partial charge >= 0.3 is 5.97 Å². The minimum absolute atomic E-state index is 0.183. The number of anilines is 1. The first kappa shape index (κ1) is 17.3. The van der Waals surface area contributed by atoms with Crippen molar-refractivity contribution in [2.75, 3.05) is 16.8 Å². The number of aliphatic carboxylic acids is 1. The zero-order valence-electron chi connectivity index (χ0n) is 11.0. The number of carbonyl (C=O) groups is 3. The molecule has 0 radical (unpaired) electrons. The molecule has 3 N–H and O–H groups in total. The molecule has 0 saturated carbocycles. The zero-order chi connectivity index (χ0) is 15.7. The summed E-state index contributed by atoms with van der Waals surface area (Å²) in [6, 6.07) is 5.81. The minimum Gasteiger partial charge on any atom is -0.480 e. The van der Waals surface area contributed by atoms with E-state index in [0.717, 1.165) is 0 Å². The number of carboxylic acid groups (broad SMARTS) is 1. The predicted octanol–water partition coefficient (Wildman–Crippen LogP) is 1.60. The Kier molecular flexibility index (Phi) is 7.63. The van der Waals surface area contributed by atoms with Gasteiger partial charge in [0.05, 0.1) is 5.75 Å². The Morgan fingerprint density at radius 2 is 2.00 bits per heavy atom. The van der Waals surface area contributed by atoms with Crippen LogP contribution in [0.25, 0.3) is 0 Å². The molecule has 1 atom stereocenters. The fourth-order valence-electron chi connectivity index (χ4n) is 1.46. The van der Waals surface area contributed by atoms with Gasteiger partial charge in [0.25, 0.3) is 0 Å². The number of hydrogen-bond acceptors (Lipinski definition) is 4. The van der Waals surface area contributed by atoms with Crippen molar-refractivity contribution in [3.05, 3.63) is 29.3 Å². The van der Waals surface area contributed by atoms with Crippen LogP contribution >= 0.6 is 23.4 Å². The molecule has 0 aliphatic carbocycles. The Morgan fingerprint density at radius 3 is 2.57 bits per heavy atom. The summed E-state index contributed by atoms with van der Waals surface area (Å²) in [5.41, 5.74) is 0.649. The highest BCUT2D eigenvalue weighted by molar-refractivity contribution is 7.99. The molecule has 0 saturated heterocycles. The molecule has 0 bridgehead atoms. The molecule has 0 aliphatic heterocycles. The lowest BCUT2D eigenvalue weighted by Gasteiger charge is -2.10. The molecule has 1 aromatic rings. The standard InChI is InChI=1S/C13H15ClN2O4S/c14-9-1-3-10(4-2-9)16-12(18)7-21-6-5-11(13(19)20)15-8-17/h1-4,8,11H,5-7H2,(H,15,17)(H,16,18)(H,19,20). The first-order chi connectivity index (χ1) is 10.0. The van der Waals surface area contributed by atoms with E-state index in [1.165, 1.54) is 11.8 Å². The zero-order valence-corrected chi connectivity index (χ0v) is 12.6. The van der Waals surface area contributed by atoms with Crippen LogP contribution in [0.3, 0.4) is 0 Å². The summed E-state index contributed by atoms with van der Waals surface area (Å²) in [6.45, 7) is 0. The summed E-state index contributed by atoms with van der Waals surface area (Å²) in [6.07, 6.45) is 0.615. The lowest BCUT2D eigenvalue weighted by atomic mass is 10.2. The van der Waals surface area contributed by atoms with E-state index in [1.54, 1.807) is 24.3 Å². The molecule has 1 unspecified atom stereocenters. The van der Waals surface area contributed by atoms with Crippen LogP contribution in [0.5, 0.6) is 0 Å². The quantitative estimate of drug-likeness (QED) is 0.472. The highest BCUT2D eigenvalue weighted by Crippen LogP contribution is 2.14. The maximum atomic E-state index is 11.6. The van der Waals surface area contributed by atoms with Gasteiger partial charge in [-0.1, -0.05) is 11.6 Å². The van der Waals surface area contributed by atoms with E-state index in [9.17, 15) is 14.4 Å². The van der Waals surface area contributed by atoms with Gasteiger partial charge in [-0.05, 0) is 36.4 Å². The summed E-state index contributed by atoms with van der Waals surface area (Å²) < 4.78 is 0. The van der Waals surface area contributed by atoms with Crippen LogP contribution in [-0.2, 0) is 14.4 Å². The van der Waals surface area contributed by atoms with Crippen LogP contribution < -0.4 is 10.6 Å². The second kappa shape index (κ2) is 9.25. The Labute approximate surface area is 131 Å². The third-order valence-electron chi connectivity index (χ3n) is 2.48. The fourth-order valence-corrected chi connectivity index (χ4v) is 2.39. The molecule has 6 nitrogen and oxygen atoms in total. The van der Waals surface area contributed by atoms with Crippen molar-refractivity contribution < 1.29 is 19.5 Å². The van der Waals surface area contributed by atoms with Gasteiger partial charge in [-0.15, -0.1) is 0 Å². The van der Waals surface area contributed by atoms with Crippen LogP contribution in [0.1, 0.15) is 6.42 Å². The molecule has 1 rings (SSSR count). The smallest absolute Gasteiger partial charge is 0.326 e. The average Bonchev–Trinajstić information content (AvgIpc) is 2.44. The van der Waals surface area contributed by atoms with E-state index in [1.807, 2.05) is 0 Å². The first-order valence-electron chi connectivity index (χ1n) is 6.08. The lowest BCUT2D eigenvalue weighted by molar-refractivity contribution is -0.140. The van der Waals surface area contributed by atoms with Crippen molar-refractivity contribution in [1.82, 2.24) is 5.32 Å². The summed E-state index contributed by atoms with van der Waals surface area (Å²) in [5.74, 6) is -0.618. The predicted molar refractivity (Wildman–Crippen MR) is 82.6 cm³/mol. The molecule has 0 aliphatic rings. The fraction of sp³-hybridized carbons (Fsp3) is 0.308. The number of hydrogen-bond donors (Lipinski definition) is 3. The molecule has 21 heavy (non-hydrogen) atoms. The highest BCUT2D eigenvalue weighted by atomic mass is 35.5. The van der Waals surface area contributed by atoms with E-state index in [4.69, 9.17) is 16.7 Å². The van der Waals surface area contributed by atoms with Crippen molar-refractivity contribution in [3.8, 4) is 0 Å². The minimum atomic E-state index is -1.09. The molecule has 0 aromatic heterocycles. The van der Waals surface area contributed by atoms with Crippen molar-refractivity contribution in [1.29, 1.82) is 0 Å². The third kappa shape index (κ3) is 7.01. The largest absolute Gasteiger partial charge is 0.480 e. The molecule has 1 aromatic carbocycles. The van der Waals surface area contributed by atoms with Crippen molar-refractivity contribution in [3.63, 3.8) is 0 Å². The van der Waals surface area contributed by atoms with Crippen molar-refractivity contribution in [2.45, 2.75) is 12.5 Å². The van der Waals surface area contributed by atoms with E-state index in [-0.39, 0.29) is 18.1 Å². The normalized spacial score (nSPS) is 11.5. The number of amides is 2. The topological polar surface area (TPSA) is 95.5 Å². The van der Waals surface area contributed by atoms with E-state index in [0.29, 0.717) is 22.9 Å². The average molecular weight is 331 g/mol. The van der Waals surface area contributed by atoms with Crippen LogP contribution in [0.2, 0.25) is 5.02 Å². The van der Waals surface area contributed by atoms with Crippen molar-refractivity contribution in [2.24, 2.45) is 0 Å². The van der Waals surface area contributed by atoms with Gasteiger partial charge in [-0.25, -0.2) is 4.79 Å². The third-order valence-corrected chi connectivity index (χ3v) is 3.72. The Morgan fingerprint density at radius 1 is 1.33 bits per heavy atom. The molecule has 2 amide bonds. The first-order valence-corrected chi connectivity index (χ1v) is 7.62. The number of nitrogens with one attached hydrogen (secondary N) is 2. The molecular weight excluding hydrogens is 316 g/mol. The number of halogens is 1. The number of carbonyl (C=O) groups excluding carboxylic acids is 2. The Hall–Kier alpha value is -1.73. The SMILES string of the molecule is O=CNC(CCSCC(=O)Nc1ccc(Cl)cc1)C(=O)O. The van der Waals surface area contributed by atoms with E-state index in [2.05, 4.69) is 10.6 Å². The Bertz CT molecular complexity index is 495. The molecular formula is C13H15ClN2O4S. The van der Waals surface area contributed by atoms with Gasteiger partial charge in [0, 0.05) is 10.7 Å². The second-order valence-corrected chi connectivity index (χ2v) is 5.61. The van der Waals surface area contributed by atoms with Crippen LogP contribution in [0, 0.1) is 0 Å². The van der Waals surface area contributed by atoms with E-state index >= 15 is 0 Å². The van der Waals surface area contributed by atoms with Gasteiger partial charge in [0.2, 0.25) is 12.3 Å². The van der Waals surface area contributed by atoms with Gasteiger partial charge in [0.1, 0.15) is 6.04 Å². The summed E-state index contributed by atoms with van der Waals surface area (Å²) in [4.78, 5) is 32.6. The number of thioether (sulfide) groups is 1. The van der Waals surface area contributed by atoms with Gasteiger partial charge in [0.15, 0.2) is 0 Å². The lowest BCUT2D eigenvalue weighted by Crippen LogP contribution is -2.36. The van der Waals surface area contributed by atoms with Gasteiger partial charge in [-0.2, -0.15) is 11.8 Å². The Balaban J connectivity index is 2.25. The monoisotopic (exact) mass is 330 g/mol. The molecule has 114 valence electrons. The number of carboxylic acids is 1. The molecule has 8 heteroatoms. The highest BCUT2D eigenvalue weighted by Gasteiger charge is 2.15. The second-order valence-electron chi connectivity index (χ2n) is 4.07. The molecule has 0 heterocycles. The summed E-state index contributed by atoms with van der Waals surface area (Å²) in [5, 5.41) is 14.3. The van der Waals surface area contributed by atoms with Crippen molar-refractivity contribution >= 4 is 47.3 Å².